The van der Waals surface area contributed by atoms with Gasteiger partial charge in [-0.1, -0.05) is 12.1 Å². The molecule has 2 rings (SSSR count). The van der Waals surface area contributed by atoms with Crippen LogP contribution in [0.3, 0.4) is 0 Å². The Morgan fingerprint density at radius 2 is 1.80 bits per heavy atom. The summed E-state index contributed by atoms with van der Waals surface area (Å²) in [6.07, 6.45) is 0. The first-order valence-electron chi connectivity index (χ1n) is 5.95. The first-order valence-corrected chi connectivity index (χ1v) is 7.49. The molecule has 0 aliphatic heterocycles. The van der Waals surface area contributed by atoms with Crippen molar-refractivity contribution in [3.63, 3.8) is 0 Å². The Kier molecular flexibility index (Phi) is 3.91. The van der Waals surface area contributed by atoms with Gasteiger partial charge in [0.25, 0.3) is 0 Å². The van der Waals surface area contributed by atoms with Crippen LogP contribution < -0.4 is 16.2 Å². The SMILES string of the molecule is Cc1nc(NCc2ccc(S(N)(=O)=O)cc2)ccc1N. The molecule has 1 aromatic heterocycles. The van der Waals surface area contributed by atoms with Gasteiger partial charge in [0.05, 0.1) is 16.3 Å². The molecule has 20 heavy (non-hydrogen) atoms. The molecule has 6 nitrogen and oxygen atoms in total. The van der Waals surface area contributed by atoms with Gasteiger partial charge in [0.1, 0.15) is 5.82 Å². The summed E-state index contributed by atoms with van der Waals surface area (Å²) in [7, 11) is -3.64. The molecule has 0 saturated carbocycles. The summed E-state index contributed by atoms with van der Waals surface area (Å²) in [5, 5.41) is 8.18. The largest absolute Gasteiger partial charge is 0.397 e. The topological polar surface area (TPSA) is 111 Å². The smallest absolute Gasteiger partial charge is 0.238 e. The molecule has 7 heteroatoms. The fourth-order valence-corrected chi connectivity index (χ4v) is 2.18. The number of rotatable bonds is 4. The van der Waals surface area contributed by atoms with Gasteiger partial charge < -0.3 is 11.1 Å². The Morgan fingerprint density at radius 3 is 2.35 bits per heavy atom. The normalized spacial score (nSPS) is 11.3. The van der Waals surface area contributed by atoms with Crippen molar-refractivity contribution in [3.05, 3.63) is 47.7 Å². The highest BCUT2D eigenvalue weighted by atomic mass is 32.2. The lowest BCUT2D eigenvalue weighted by Crippen LogP contribution is -2.12. The van der Waals surface area contributed by atoms with E-state index in [-0.39, 0.29) is 4.90 Å². The Bertz CT molecular complexity index is 712. The van der Waals surface area contributed by atoms with Gasteiger partial charge in [-0.15, -0.1) is 0 Å². The molecule has 0 bridgehead atoms. The number of benzene rings is 1. The van der Waals surface area contributed by atoms with E-state index in [1.165, 1.54) is 12.1 Å². The van der Waals surface area contributed by atoms with Crippen molar-refractivity contribution in [3.8, 4) is 0 Å². The second-order valence-electron chi connectivity index (χ2n) is 4.41. The molecule has 0 radical (unpaired) electrons. The number of nitrogens with two attached hydrogens (primary N) is 2. The fraction of sp³-hybridized carbons (Fsp3) is 0.154. The number of anilines is 2. The Morgan fingerprint density at radius 1 is 1.15 bits per heavy atom. The van der Waals surface area contributed by atoms with Crippen LogP contribution in [-0.4, -0.2) is 13.4 Å². The molecule has 0 atom stereocenters. The molecule has 0 aliphatic carbocycles. The van der Waals surface area contributed by atoms with E-state index < -0.39 is 10.0 Å². The molecular formula is C13H16N4O2S. The van der Waals surface area contributed by atoms with Crippen molar-refractivity contribution in [1.29, 1.82) is 0 Å². The van der Waals surface area contributed by atoms with Crippen LogP contribution in [0.15, 0.2) is 41.3 Å². The summed E-state index contributed by atoms with van der Waals surface area (Å²) in [6.45, 7) is 2.36. The van der Waals surface area contributed by atoms with Crippen molar-refractivity contribution in [2.45, 2.75) is 18.4 Å². The van der Waals surface area contributed by atoms with Crippen molar-refractivity contribution >= 4 is 21.5 Å². The average molecular weight is 292 g/mol. The molecule has 2 aromatic rings. The first-order chi connectivity index (χ1) is 9.36. The standard InChI is InChI=1S/C13H16N4O2S/c1-9-12(14)6-7-13(17-9)16-8-10-2-4-11(5-3-10)20(15,18)19/h2-7H,8,14H2,1H3,(H,16,17)(H2,15,18,19). The maximum atomic E-state index is 11.1. The van der Waals surface area contributed by atoms with Crippen molar-refractivity contribution in [2.75, 3.05) is 11.1 Å². The van der Waals surface area contributed by atoms with Crippen LogP contribution in [0.2, 0.25) is 0 Å². The molecule has 0 fully saturated rings. The molecule has 0 saturated heterocycles. The van der Waals surface area contributed by atoms with Crippen LogP contribution in [0, 0.1) is 6.92 Å². The number of nitrogens with zero attached hydrogens (tertiary/aromatic N) is 1. The Hall–Kier alpha value is -2.12. The second kappa shape index (κ2) is 5.48. The maximum Gasteiger partial charge on any atom is 0.238 e. The number of nitrogen functional groups attached to an aromatic ring is 1. The third-order valence-corrected chi connectivity index (χ3v) is 3.78. The lowest BCUT2D eigenvalue weighted by atomic mass is 10.2. The molecule has 0 amide bonds. The molecule has 1 aromatic carbocycles. The number of aryl methyl sites for hydroxylation is 1. The van der Waals surface area contributed by atoms with E-state index in [1.807, 2.05) is 6.92 Å². The number of hydrogen-bond donors (Lipinski definition) is 3. The number of aromatic nitrogens is 1. The van der Waals surface area contributed by atoms with Crippen LogP contribution in [0.5, 0.6) is 0 Å². The first kappa shape index (κ1) is 14.3. The highest BCUT2D eigenvalue weighted by Gasteiger charge is 2.06. The Balaban J connectivity index is 2.06. The molecule has 5 N–H and O–H groups in total. The van der Waals surface area contributed by atoms with E-state index in [2.05, 4.69) is 10.3 Å². The van der Waals surface area contributed by atoms with Crippen LogP contribution >= 0.6 is 0 Å². The van der Waals surface area contributed by atoms with Gasteiger partial charge in [-0.25, -0.2) is 18.5 Å². The molecular weight excluding hydrogens is 276 g/mol. The maximum absolute atomic E-state index is 11.1. The number of primary sulfonamides is 1. The number of nitrogens with one attached hydrogen (secondary N) is 1. The van der Waals surface area contributed by atoms with E-state index in [9.17, 15) is 8.42 Å². The van der Waals surface area contributed by atoms with Crippen molar-refractivity contribution in [2.24, 2.45) is 5.14 Å². The lowest BCUT2D eigenvalue weighted by Gasteiger charge is -2.08. The van der Waals surface area contributed by atoms with E-state index >= 15 is 0 Å². The third-order valence-electron chi connectivity index (χ3n) is 2.85. The molecule has 1 heterocycles. The predicted octanol–water partition coefficient (Wildman–Crippen LogP) is 1.23. The van der Waals surface area contributed by atoms with Crippen molar-refractivity contribution in [1.82, 2.24) is 4.98 Å². The number of pyridine rings is 1. The summed E-state index contributed by atoms with van der Waals surface area (Å²) in [5.74, 6) is 0.715. The number of sulfonamides is 1. The lowest BCUT2D eigenvalue weighted by molar-refractivity contribution is 0.598. The predicted molar refractivity (Wildman–Crippen MR) is 78.5 cm³/mol. The van der Waals surface area contributed by atoms with Gasteiger partial charge in [0, 0.05) is 6.54 Å². The van der Waals surface area contributed by atoms with Crippen LogP contribution in [0.4, 0.5) is 11.5 Å². The van der Waals surface area contributed by atoms with Gasteiger partial charge in [-0.2, -0.15) is 0 Å². The average Bonchev–Trinajstić information content (AvgIpc) is 2.40. The van der Waals surface area contributed by atoms with Crippen LogP contribution in [0.1, 0.15) is 11.3 Å². The molecule has 106 valence electrons. The summed E-state index contributed by atoms with van der Waals surface area (Å²) in [5.41, 5.74) is 8.03. The zero-order valence-corrected chi connectivity index (χ0v) is 11.8. The molecule has 0 spiro atoms. The van der Waals surface area contributed by atoms with E-state index in [0.717, 1.165) is 11.3 Å². The van der Waals surface area contributed by atoms with E-state index in [1.54, 1.807) is 24.3 Å². The van der Waals surface area contributed by atoms with E-state index in [4.69, 9.17) is 10.9 Å². The van der Waals surface area contributed by atoms with Crippen LogP contribution in [0.25, 0.3) is 0 Å². The summed E-state index contributed by atoms with van der Waals surface area (Å²) >= 11 is 0. The fourth-order valence-electron chi connectivity index (χ4n) is 1.66. The number of hydrogen-bond acceptors (Lipinski definition) is 5. The zero-order valence-electron chi connectivity index (χ0n) is 11.0. The van der Waals surface area contributed by atoms with Gasteiger partial charge >= 0.3 is 0 Å². The minimum Gasteiger partial charge on any atom is -0.397 e. The highest BCUT2D eigenvalue weighted by Crippen LogP contribution is 2.14. The summed E-state index contributed by atoms with van der Waals surface area (Å²) < 4.78 is 22.3. The minimum absolute atomic E-state index is 0.0997. The van der Waals surface area contributed by atoms with Gasteiger partial charge in [-0.3, -0.25) is 0 Å². The van der Waals surface area contributed by atoms with Crippen LogP contribution in [-0.2, 0) is 16.6 Å². The van der Waals surface area contributed by atoms with Gasteiger partial charge in [0.15, 0.2) is 0 Å². The molecule has 0 aliphatic rings. The second-order valence-corrected chi connectivity index (χ2v) is 5.98. The quantitative estimate of drug-likeness (QED) is 0.785. The van der Waals surface area contributed by atoms with Gasteiger partial charge in [0.2, 0.25) is 10.0 Å². The van der Waals surface area contributed by atoms with Gasteiger partial charge in [-0.05, 0) is 36.8 Å². The zero-order chi connectivity index (χ0) is 14.8. The third kappa shape index (κ3) is 3.46. The molecule has 0 unspecified atom stereocenters. The monoisotopic (exact) mass is 292 g/mol. The minimum atomic E-state index is -3.64. The van der Waals surface area contributed by atoms with E-state index in [0.29, 0.717) is 18.1 Å². The summed E-state index contributed by atoms with van der Waals surface area (Å²) in [4.78, 5) is 4.39. The summed E-state index contributed by atoms with van der Waals surface area (Å²) in [6, 6.07) is 9.95. The Labute approximate surface area is 117 Å². The van der Waals surface area contributed by atoms with Crippen molar-refractivity contribution < 1.29 is 8.42 Å². The highest BCUT2D eigenvalue weighted by molar-refractivity contribution is 7.89.